The van der Waals surface area contributed by atoms with Crippen molar-refractivity contribution in [3.8, 4) is 5.75 Å². The Kier molecular flexibility index (Phi) is 4.74. The van der Waals surface area contributed by atoms with Gasteiger partial charge >= 0.3 is 0 Å². The number of hydrogen-bond donors (Lipinski definition) is 2. The number of hydroxylamine groups is 1. The van der Waals surface area contributed by atoms with Gasteiger partial charge in [0.05, 0.1) is 18.0 Å². The molecule has 1 saturated heterocycles. The molecule has 0 spiro atoms. The van der Waals surface area contributed by atoms with Gasteiger partial charge in [-0.3, -0.25) is 10.0 Å². The number of ether oxygens (including phenoxy) is 1. The molecule has 0 aliphatic carbocycles. The molecule has 1 amide bonds. The molecule has 0 saturated carbocycles. The molecular formula is C14H20N2O5S. The van der Waals surface area contributed by atoms with Gasteiger partial charge in [0.15, 0.2) is 0 Å². The third kappa shape index (κ3) is 3.08. The average molecular weight is 328 g/mol. The molecular weight excluding hydrogens is 308 g/mol. The van der Waals surface area contributed by atoms with E-state index in [2.05, 4.69) is 0 Å². The van der Waals surface area contributed by atoms with Crippen molar-refractivity contribution in [2.24, 2.45) is 5.92 Å². The van der Waals surface area contributed by atoms with Crippen molar-refractivity contribution in [3.05, 3.63) is 24.3 Å². The van der Waals surface area contributed by atoms with Crippen LogP contribution in [0.15, 0.2) is 29.2 Å². The largest absolute Gasteiger partial charge is 0.497 e. The Bertz CT molecular complexity index is 642. The third-order valence-corrected chi connectivity index (χ3v) is 5.52. The minimum absolute atomic E-state index is 0.0929. The molecule has 3 atom stereocenters. The van der Waals surface area contributed by atoms with E-state index in [0.29, 0.717) is 12.2 Å². The summed E-state index contributed by atoms with van der Waals surface area (Å²) in [4.78, 5) is 11.8. The molecule has 1 aromatic rings. The van der Waals surface area contributed by atoms with Gasteiger partial charge in [-0.1, -0.05) is 13.8 Å². The SMILES string of the molecule is COc1ccc(S(=O)(=O)N2[C@@H](CC(C)C)[C@@H]2C(=O)NO)cc1. The van der Waals surface area contributed by atoms with Gasteiger partial charge in [0.1, 0.15) is 11.8 Å². The minimum atomic E-state index is -3.78. The summed E-state index contributed by atoms with van der Waals surface area (Å²) in [6.07, 6.45) is 0.549. The van der Waals surface area contributed by atoms with E-state index in [9.17, 15) is 13.2 Å². The van der Waals surface area contributed by atoms with Crippen molar-refractivity contribution in [2.45, 2.75) is 37.2 Å². The van der Waals surface area contributed by atoms with Gasteiger partial charge in [0.2, 0.25) is 10.0 Å². The molecule has 122 valence electrons. The second-order valence-corrected chi connectivity index (χ2v) is 7.47. The summed E-state index contributed by atoms with van der Waals surface area (Å²) in [5.41, 5.74) is 1.54. The number of carbonyl (C=O) groups excluding carboxylic acids is 1. The number of carbonyl (C=O) groups is 1. The fourth-order valence-electron chi connectivity index (χ4n) is 2.53. The second kappa shape index (κ2) is 6.23. The van der Waals surface area contributed by atoms with E-state index in [1.165, 1.54) is 24.7 Å². The summed E-state index contributed by atoms with van der Waals surface area (Å²) in [5, 5.41) is 8.78. The lowest BCUT2D eigenvalue weighted by molar-refractivity contribution is -0.129. The Hall–Kier alpha value is -1.64. The van der Waals surface area contributed by atoms with E-state index in [4.69, 9.17) is 9.94 Å². The molecule has 2 rings (SSSR count). The highest BCUT2D eigenvalue weighted by molar-refractivity contribution is 7.89. The fraction of sp³-hybridized carbons (Fsp3) is 0.500. The van der Waals surface area contributed by atoms with Crippen LogP contribution in [0.4, 0.5) is 0 Å². The lowest BCUT2D eigenvalue weighted by Gasteiger charge is -2.08. The molecule has 7 nitrogen and oxygen atoms in total. The lowest BCUT2D eigenvalue weighted by Crippen LogP contribution is -2.28. The van der Waals surface area contributed by atoms with E-state index < -0.39 is 28.0 Å². The quantitative estimate of drug-likeness (QED) is 0.461. The van der Waals surface area contributed by atoms with Crippen molar-refractivity contribution in [2.75, 3.05) is 7.11 Å². The van der Waals surface area contributed by atoms with E-state index in [1.54, 1.807) is 12.1 Å². The van der Waals surface area contributed by atoms with E-state index >= 15 is 0 Å². The fourth-order valence-corrected chi connectivity index (χ4v) is 4.29. The van der Waals surface area contributed by atoms with Crippen LogP contribution in [0.25, 0.3) is 0 Å². The average Bonchev–Trinajstić information content (AvgIpc) is 3.20. The topological polar surface area (TPSA) is 95.7 Å². The van der Waals surface area contributed by atoms with Crippen molar-refractivity contribution in [1.82, 2.24) is 9.79 Å². The number of hydrogen-bond acceptors (Lipinski definition) is 5. The summed E-state index contributed by atoms with van der Waals surface area (Å²) in [7, 11) is -2.29. The standard InChI is InChI=1S/C14H20N2O5S/c1-9(2)8-12-13(14(17)15-18)16(12)22(19,20)11-6-4-10(21-3)5-7-11/h4-7,9,12-13,18H,8H2,1-3H3,(H,15,17)/t12-,13+,16?/m0/s1. The van der Waals surface area contributed by atoms with Crippen LogP contribution in [0.3, 0.4) is 0 Å². The van der Waals surface area contributed by atoms with Crippen molar-refractivity contribution in [3.63, 3.8) is 0 Å². The van der Waals surface area contributed by atoms with Crippen LogP contribution in [0.1, 0.15) is 20.3 Å². The zero-order chi connectivity index (χ0) is 16.5. The smallest absolute Gasteiger partial charge is 0.263 e. The maximum atomic E-state index is 12.6. The maximum absolute atomic E-state index is 12.6. The highest BCUT2D eigenvalue weighted by Gasteiger charge is 2.59. The van der Waals surface area contributed by atoms with E-state index in [1.807, 2.05) is 13.8 Å². The van der Waals surface area contributed by atoms with Gasteiger partial charge in [-0.15, -0.1) is 0 Å². The normalized spacial score (nSPS) is 24.1. The molecule has 0 aromatic heterocycles. The number of amides is 1. The molecule has 2 N–H and O–H groups in total. The Morgan fingerprint density at radius 3 is 2.41 bits per heavy atom. The minimum Gasteiger partial charge on any atom is -0.497 e. The van der Waals surface area contributed by atoms with Crippen LogP contribution in [-0.2, 0) is 14.8 Å². The molecule has 1 heterocycles. The van der Waals surface area contributed by atoms with E-state index in [0.717, 1.165) is 4.31 Å². The first-order valence-corrected chi connectivity index (χ1v) is 8.38. The van der Waals surface area contributed by atoms with Gasteiger partial charge < -0.3 is 4.74 Å². The van der Waals surface area contributed by atoms with Crippen LogP contribution in [0.2, 0.25) is 0 Å². The lowest BCUT2D eigenvalue weighted by atomic mass is 10.1. The van der Waals surface area contributed by atoms with Crippen LogP contribution in [0.5, 0.6) is 5.75 Å². The molecule has 0 radical (unpaired) electrons. The summed E-state index contributed by atoms with van der Waals surface area (Å²) in [6, 6.07) is 4.68. The van der Waals surface area contributed by atoms with Gasteiger partial charge in [0, 0.05) is 0 Å². The summed E-state index contributed by atoms with van der Waals surface area (Å²) in [6.45, 7) is 3.90. The Morgan fingerprint density at radius 1 is 1.36 bits per heavy atom. The maximum Gasteiger partial charge on any atom is 0.263 e. The van der Waals surface area contributed by atoms with E-state index in [-0.39, 0.29) is 10.8 Å². The highest BCUT2D eigenvalue weighted by Crippen LogP contribution is 2.39. The number of rotatable bonds is 6. The Morgan fingerprint density at radius 2 is 1.95 bits per heavy atom. The molecule has 1 aliphatic heterocycles. The summed E-state index contributed by atoms with van der Waals surface area (Å²) >= 11 is 0. The summed E-state index contributed by atoms with van der Waals surface area (Å²) in [5.74, 6) is 0.0749. The van der Waals surface area contributed by atoms with Crippen molar-refractivity contribution >= 4 is 15.9 Å². The van der Waals surface area contributed by atoms with Gasteiger partial charge in [0.25, 0.3) is 5.91 Å². The molecule has 1 unspecified atom stereocenters. The zero-order valence-electron chi connectivity index (χ0n) is 12.7. The van der Waals surface area contributed by atoms with Crippen LogP contribution in [-0.4, -0.2) is 43.0 Å². The molecule has 0 bridgehead atoms. The number of benzene rings is 1. The molecule has 1 fully saturated rings. The van der Waals surface area contributed by atoms with Crippen molar-refractivity contribution < 1.29 is 23.2 Å². The first-order chi connectivity index (χ1) is 10.3. The Balaban J connectivity index is 2.28. The van der Waals surface area contributed by atoms with Crippen LogP contribution < -0.4 is 10.2 Å². The number of nitrogens with one attached hydrogen (secondary N) is 1. The zero-order valence-corrected chi connectivity index (χ0v) is 13.5. The number of sulfonamides is 1. The highest BCUT2D eigenvalue weighted by atomic mass is 32.2. The number of nitrogens with zero attached hydrogens (tertiary/aromatic N) is 1. The third-order valence-electron chi connectivity index (χ3n) is 3.60. The molecule has 8 heteroatoms. The first kappa shape index (κ1) is 16.7. The van der Waals surface area contributed by atoms with Crippen LogP contribution in [0, 0.1) is 5.92 Å². The van der Waals surface area contributed by atoms with Crippen molar-refractivity contribution in [1.29, 1.82) is 0 Å². The predicted molar refractivity (Wildman–Crippen MR) is 79.0 cm³/mol. The summed E-state index contributed by atoms with van der Waals surface area (Å²) < 4.78 is 31.4. The predicted octanol–water partition coefficient (Wildman–Crippen LogP) is 0.988. The van der Waals surface area contributed by atoms with Gasteiger partial charge in [-0.2, -0.15) is 4.31 Å². The second-order valence-electron chi connectivity index (χ2n) is 5.63. The number of methoxy groups -OCH3 is 1. The Labute approximate surface area is 129 Å². The molecule has 1 aliphatic rings. The first-order valence-electron chi connectivity index (χ1n) is 6.94. The monoisotopic (exact) mass is 328 g/mol. The van der Waals surface area contributed by atoms with Gasteiger partial charge in [-0.25, -0.2) is 13.9 Å². The molecule has 22 heavy (non-hydrogen) atoms. The molecule has 1 aromatic carbocycles. The van der Waals surface area contributed by atoms with Crippen LogP contribution >= 0.6 is 0 Å². The van der Waals surface area contributed by atoms with Gasteiger partial charge in [-0.05, 0) is 36.6 Å².